The van der Waals surface area contributed by atoms with E-state index in [2.05, 4.69) is 32.9 Å². The monoisotopic (exact) mass is 883 g/mol. The maximum Gasteiger partial charge on any atom is 0.209 e. The smallest absolute Gasteiger partial charge is 0.209 e. The molecule has 63 heavy (non-hydrogen) atoms. The van der Waals surface area contributed by atoms with E-state index in [0.717, 1.165) is 74.4 Å². The van der Waals surface area contributed by atoms with E-state index >= 15 is 0 Å². The Morgan fingerprint density at radius 1 is 0.238 bits per heavy atom. The van der Waals surface area contributed by atoms with Crippen LogP contribution in [0.15, 0.2) is 18.2 Å². The second kappa shape index (κ2) is 28.1. The van der Waals surface area contributed by atoms with Crippen LogP contribution in [0.1, 0.15) is 16.7 Å². The van der Waals surface area contributed by atoms with Gasteiger partial charge in [-0.25, -0.2) is 0 Å². The lowest BCUT2D eigenvalue weighted by Gasteiger charge is -2.32. The molecule has 0 unspecified atom stereocenters. The first-order valence-electron chi connectivity index (χ1n) is 21.8. The molecule has 0 bridgehead atoms. The average Bonchev–Trinajstić information content (AvgIpc) is 3.29. The van der Waals surface area contributed by atoms with Gasteiger partial charge in [-0.3, -0.25) is 57.9 Å². The van der Waals surface area contributed by atoms with Crippen LogP contribution < -0.4 is 0 Å². The first-order chi connectivity index (χ1) is 30.7. The van der Waals surface area contributed by atoms with E-state index in [1.807, 2.05) is 0 Å². The van der Waals surface area contributed by atoms with Crippen molar-refractivity contribution in [3.63, 3.8) is 0 Å². The zero-order chi connectivity index (χ0) is 45.2. The molecule has 0 aromatic heterocycles. The summed E-state index contributed by atoms with van der Waals surface area (Å²) in [5, 5.41) is 0. The fraction of sp³-hybridized carbons (Fsp3) is 0.643. The van der Waals surface area contributed by atoms with Crippen molar-refractivity contribution < 1.29 is 43.2 Å². The van der Waals surface area contributed by atoms with Gasteiger partial charge in [0.2, 0.25) is 57.7 Å². The SMILES string of the molecule is O=CN1CCN(C=O)CCN(Cc2cc(CN3CCN(C=O)CCN(C=O)CCN(C=O)CC3)cc(CN3CCN(C=O)CCN(C=O)CCN(C=O)CC3)c2)CCN(C=O)CC1. The molecule has 3 aliphatic heterocycles. The fourth-order valence-corrected chi connectivity index (χ4v) is 7.81. The molecule has 9 amide bonds. The van der Waals surface area contributed by atoms with Gasteiger partial charge in [-0.05, 0) is 16.7 Å². The van der Waals surface area contributed by atoms with Crippen LogP contribution in [0.3, 0.4) is 0 Å². The van der Waals surface area contributed by atoms with Crippen molar-refractivity contribution in [2.45, 2.75) is 19.6 Å². The third-order valence-corrected chi connectivity index (χ3v) is 11.9. The van der Waals surface area contributed by atoms with Crippen molar-refractivity contribution in [1.82, 2.24) is 58.8 Å². The summed E-state index contributed by atoms with van der Waals surface area (Å²) in [6, 6.07) is 6.42. The largest absolute Gasteiger partial charge is 0.342 e. The van der Waals surface area contributed by atoms with Crippen molar-refractivity contribution in [2.75, 3.05) is 157 Å². The Morgan fingerprint density at radius 2 is 0.365 bits per heavy atom. The molecule has 348 valence electrons. The lowest BCUT2D eigenvalue weighted by Crippen LogP contribution is -2.45. The lowest BCUT2D eigenvalue weighted by molar-refractivity contribution is -0.123. The van der Waals surface area contributed by atoms with Gasteiger partial charge in [0, 0.05) is 177 Å². The number of carbonyl (C=O) groups is 9. The number of hydrogen-bond acceptors (Lipinski definition) is 12. The van der Waals surface area contributed by atoms with E-state index in [4.69, 9.17) is 0 Å². The second-order valence-corrected chi connectivity index (χ2v) is 16.3. The summed E-state index contributed by atoms with van der Waals surface area (Å²) in [7, 11) is 0. The topological polar surface area (TPSA) is 193 Å². The predicted octanol–water partition coefficient (Wildman–Crippen LogP) is -3.74. The Labute approximate surface area is 370 Å². The van der Waals surface area contributed by atoms with Crippen molar-refractivity contribution in [1.29, 1.82) is 0 Å². The van der Waals surface area contributed by atoms with Crippen LogP contribution >= 0.6 is 0 Å². The van der Waals surface area contributed by atoms with E-state index in [1.54, 1.807) is 44.1 Å². The fourth-order valence-electron chi connectivity index (χ4n) is 7.81. The third-order valence-electron chi connectivity index (χ3n) is 11.9. The highest BCUT2D eigenvalue weighted by Gasteiger charge is 2.20. The molecular weight excluding hydrogens is 817 g/mol. The van der Waals surface area contributed by atoms with Crippen LogP contribution in [0, 0.1) is 0 Å². The summed E-state index contributed by atoms with van der Waals surface area (Å²) in [6.07, 6.45) is 6.99. The summed E-state index contributed by atoms with van der Waals surface area (Å²) >= 11 is 0. The molecule has 0 atom stereocenters. The average molecular weight is 883 g/mol. The summed E-state index contributed by atoms with van der Waals surface area (Å²) in [5.74, 6) is 0. The van der Waals surface area contributed by atoms with Gasteiger partial charge in [-0.15, -0.1) is 0 Å². The van der Waals surface area contributed by atoms with Crippen LogP contribution in [-0.4, -0.2) is 274 Å². The number of benzene rings is 1. The minimum atomic E-state index is 0.353. The molecule has 4 rings (SSSR count). The summed E-state index contributed by atoms with van der Waals surface area (Å²) in [5.41, 5.74) is 2.99. The maximum atomic E-state index is 12.1. The molecular formula is C42H66N12O9. The zero-order valence-corrected chi connectivity index (χ0v) is 36.6. The standard InChI is InChI=1S/C42H66N12O9/c55-31-46-7-1-43(2-8-47(32-56)14-20-52(37-61)19-13-46)28-40-25-41(29-44-3-9-48(33-57)15-21-53(38-62)22-16-49(34-58)10-4-44)27-42(26-40)30-45-5-11-50(35-59)17-23-54(39-63)24-18-51(36-60)12-6-45/h25-27,31-39H,1-24,28-30H2. The van der Waals surface area contributed by atoms with Gasteiger partial charge in [0.15, 0.2) is 0 Å². The van der Waals surface area contributed by atoms with Crippen molar-refractivity contribution >= 4 is 57.7 Å². The van der Waals surface area contributed by atoms with E-state index in [9.17, 15) is 43.2 Å². The molecule has 0 N–H and O–H groups in total. The van der Waals surface area contributed by atoms with Crippen molar-refractivity contribution in [3.05, 3.63) is 34.9 Å². The lowest BCUT2D eigenvalue weighted by atomic mass is 10.0. The summed E-state index contributed by atoms with van der Waals surface area (Å²) in [6.45, 7) is 11.4. The second-order valence-electron chi connectivity index (χ2n) is 16.3. The van der Waals surface area contributed by atoms with Crippen molar-refractivity contribution in [2.24, 2.45) is 0 Å². The van der Waals surface area contributed by atoms with Crippen LogP contribution in [-0.2, 0) is 62.8 Å². The molecule has 3 heterocycles. The van der Waals surface area contributed by atoms with E-state index < -0.39 is 0 Å². The van der Waals surface area contributed by atoms with E-state index in [1.165, 1.54) is 0 Å². The molecule has 0 aliphatic carbocycles. The Hall–Kier alpha value is -5.67. The first kappa shape index (κ1) is 50.0. The van der Waals surface area contributed by atoms with Gasteiger partial charge in [0.05, 0.1) is 0 Å². The minimum Gasteiger partial charge on any atom is -0.342 e. The third kappa shape index (κ3) is 17.9. The molecule has 3 saturated heterocycles. The molecule has 0 saturated carbocycles. The number of carbonyl (C=O) groups excluding carboxylic acids is 9. The zero-order valence-electron chi connectivity index (χ0n) is 36.6. The molecule has 1 aromatic rings. The summed E-state index contributed by atoms with van der Waals surface area (Å²) < 4.78 is 0. The highest BCUT2D eigenvalue weighted by molar-refractivity contribution is 5.52. The Kier molecular flexibility index (Phi) is 22.3. The normalized spacial score (nSPS) is 20.1. The number of rotatable bonds is 15. The Bertz CT molecular complexity index is 1350. The molecule has 21 heteroatoms. The van der Waals surface area contributed by atoms with Crippen molar-refractivity contribution in [3.8, 4) is 0 Å². The number of hydrogen-bond donors (Lipinski definition) is 0. The number of amides is 9. The van der Waals surface area contributed by atoms with Crippen LogP contribution in [0.2, 0.25) is 0 Å². The van der Waals surface area contributed by atoms with Gasteiger partial charge in [0.25, 0.3) is 0 Å². The Balaban J connectivity index is 1.66. The number of nitrogens with zero attached hydrogens (tertiary/aromatic N) is 12. The van der Waals surface area contributed by atoms with E-state index in [-0.39, 0.29) is 0 Å². The van der Waals surface area contributed by atoms with E-state index in [0.29, 0.717) is 177 Å². The van der Waals surface area contributed by atoms with Gasteiger partial charge in [-0.1, -0.05) is 18.2 Å². The molecule has 1 aromatic carbocycles. The van der Waals surface area contributed by atoms with Crippen LogP contribution in [0.5, 0.6) is 0 Å². The molecule has 21 nitrogen and oxygen atoms in total. The highest BCUT2D eigenvalue weighted by atomic mass is 16.2. The molecule has 0 spiro atoms. The highest BCUT2D eigenvalue weighted by Crippen LogP contribution is 2.18. The maximum absolute atomic E-state index is 12.1. The quantitative estimate of drug-likeness (QED) is 0.157. The molecule has 3 fully saturated rings. The Morgan fingerprint density at radius 3 is 0.492 bits per heavy atom. The van der Waals surface area contributed by atoms with Gasteiger partial charge in [0.1, 0.15) is 0 Å². The molecule has 3 aliphatic rings. The first-order valence-corrected chi connectivity index (χ1v) is 21.8. The summed E-state index contributed by atoms with van der Waals surface area (Å²) in [4.78, 5) is 129. The predicted molar refractivity (Wildman–Crippen MR) is 231 cm³/mol. The van der Waals surface area contributed by atoms with Crippen LogP contribution in [0.4, 0.5) is 0 Å². The molecule has 0 radical (unpaired) electrons. The minimum absolute atomic E-state index is 0.353. The van der Waals surface area contributed by atoms with Crippen LogP contribution in [0.25, 0.3) is 0 Å². The van der Waals surface area contributed by atoms with Gasteiger partial charge >= 0.3 is 0 Å². The van der Waals surface area contributed by atoms with Gasteiger partial charge in [-0.2, -0.15) is 0 Å². The van der Waals surface area contributed by atoms with Gasteiger partial charge < -0.3 is 44.1 Å².